The molecule has 0 bridgehead atoms. The number of β-amino-alcohol motifs (C(OH)–C–C–N with tert-alkyl or cyclic N) is 1. The normalized spacial score (nSPS) is 20.1. The highest BCUT2D eigenvalue weighted by Gasteiger charge is 2.39. The fourth-order valence-electron chi connectivity index (χ4n) is 5.17. The third kappa shape index (κ3) is 6.98. The molecule has 2 aromatic carbocycles. The van der Waals surface area contributed by atoms with Crippen LogP contribution in [0, 0.1) is 11.6 Å². The smallest absolute Gasteiger partial charge is 0.389 e. The van der Waals surface area contributed by atoms with Crippen LogP contribution in [-0.2, 0) is 6.18 Å². The minimum Gasteiger partial charge on any atom is -0.389 e. The van der Waals surface area contributed by atoms with Gasteiger partial charge in [-0.15, -0.1) is 0 Å². The lowest BCUT2D eigenvalue weighted by molar-refractivity contribution is -0.137. The van der Waals surface area contributed by atoms with E-state index in [1.165, 1.54) is 24.4 Å². The molecule has 5 nitrogen and oxygen atoms in total. The maximum Gasteiger partial charge on any atom is 0.416 e. The molecule has 38 heavy (non-hydrogen) atoms. The number of hydrogen-bond acceptors (Lipinski definition) is 5. The van der Waals surface area contributed by atoms with Crippen molar-refractivity contribution < 1.29 is 37.0 Å². The lowest BCUT2D eigenvalue weighted by Crippen LogP contribution is -2.54. The zero-order valence-electron chi connectivity index (χ0n) is 20.8. The summed E-state index contributed by atoms with van der Waals surface area (Å²) in [6, 6.07) is 7.92. The van der Waals surface area contributed by atoms with E-state index < -0.39 is 40.9 Å². The maximum atomic E-state index is 13.3. The Labute approximate surface area is 218 Å². The third-order valence-corrected chi connectivity index (χ3v) is 7.60. The van der Waals surface area contributed by atoms with E-state index in [1.54, 1.807) is 0 Å². The Bertz CT molecular complexity index is 1120. The zero-order chi connectivity index (χ0) is 27.5. The molecule has 2 aliphatic heterocycles. The van der Waals surface area contributed by atoms with Crippen LogP contribution in [0.1, 0.15) is 53.1 Å². The Kier molecular flexibility index (Phi) is 8.54. The molecule has 2 N–H and O–H groups in total. The fourth-order valence-corrected chi connectivity index (χ4v) is 5.17. The monoisotopic (exact) mass is 538 g/mol. The van der Waals surface area contributed by atoms with Crippen molar-refractivity contribution >= 4 is 5.78 Å². The number of benzene rings is 2. The molecule has 0 radical (unpaired) electrons. The van der Waals surface area contributed by atoms with Gasteiger partial charge < -0.3 is 20.0 Å². The van der Waals surface area contributed by atoms with Gasteiger partial charge in [0.25, 0.3) is 0 Å². The van der Waals surface area contributed by atoms with Crippen molar-refractivity contribution in [1.29, 1.82) is 0 Å². The minimum absolute atomic E-state index is 0.0928. The lowest BCUT2D eigenvalue weighted by atomic mass is 9.84. The van der Waals surface area contributed by atoms with Gasteiger partial charge in [-0.1, -0.05) is 12.1 Å². The molecule has 0 saturated carbocycles. The van der Waals surface area contributed by atoms with E-state index in [9.17, 15) is 37.0 Å². The summed E-state index contributed by atoms with van der Waals surface area (Å²) in [4.78, 5) is 16.1. The third-order valence-electron chi connectivity index (χ3n) is 7.60. The molecule has 2 heterocycles. The Morgan fingerprint density at radius 2 is 1.58 bits per heavy atom. The lowest BCUT2D eigenvalue weighted by Gasteiger charge is -2.43. The number of carbonyl (C=O) groups excluding carboxylic acids is 1. The van der Waals surface area contributed by atoms with Crippen molar-refractivity contribution in [2.75, 3.05) is 32.7 Å². The first kappa shape index (κ1) is 28.2. The first-order valence-corrected chi connectivity index (χ1v) is 12.7. The molecule has 0 spiro atoms. The number of aliphatic hydroxyl groups excluding tert-OH is 1. The van der Waals surface area contributed by atoms with Crippen LogP contribution in [0.5, 0.6) is 0 Å². The molecule has 1 atom stereocenters. The molecular formula is C28H31F5N2O3. The number of hydrogen-bond donors (Lipinski definition) is 2. The number of alkyl halides is 3. The largest absolute Gasteiger partial charge is 0.416 e. The molecule has 2 aromatic rings. The Balaban J connectivity index is 1.23. The van der Waals surface area contributed by atoms with E-state index in [2.05, 4.69) is 4.90 Å². The van der Waals surface area contributed by atoms with Gasteiger partial charge in [0.15, 0.2) is 5.78 Å². The molecule has 2 saturated heterocycles. The first-order valence-electron chi connectivity index (χ1n) is 12.7. The van der Waals surface area contributed by atoms with Gasteiger partial charge >= 0.3 is 6.18 Å². The number of nitrogens with zero attached hydrogens (tertiary/aromatic N) is 2. The highest BCUT2D eigenvalue weighted by molar-refractivity contribution is 6.04. The van der Waals surface area contributed by atoms with E-state index >= 15 is 0 Å². The molecule has 4 rings (SSSR count). The predicted octanol–water partition coefficient (Wildman–Crippen LogP) is 4.75. The first-order chi connectivity index (χ1) is 17.9. The number of ketones is 1. The number of carbonyl (C=O) groups is 1. The molecular weight excluding hydrogens is 507 g/mol. The second-order valence-corrected chi connectivity index (χ2v) is 10.2. The van der Waals surface area contributed by atoms with E-state index in [1.807, 2.05) is 4.90 Å². The van der Waals surface area contributed by atoms with Crippen LogP contribution in [0.25, 0.3) is 0 Å². The Morgan fingerprint density at radius 3 is 2.13 bits per heavy atom. The van der Waals surface area contributed by atoms with Crippen LogP contribution in [-0.4, -0.2) is 70.2 Å². The Morgan fingerprint density at radius 1 is 1.00 bits per heavy atom. The average Bonchev–Trinajstić information content (AvgIpc) is 2.87. The summed E-state index contributed by atoms with van der Waals surface area (Å²) in [6.45, 7) is 2.40. The summed E-state index contributed by atoms with van der Waals surface area (Å²) in [6.07, 6.45) is -0.512. The van der Waals surface area contributed by atoms with Gasteiger partial charge in [0.1, 0.15) is 11.6 Å². The predicted molar refractivity (Wildman–Crippen MR) is 131 cm³/mol. The van der Waals surface area contributed by atoms with Crippen molar-refractivity contribution in [3.63, 3.8) is 0 Å². The molecule has 1 unspecified atom stereocenters. The SMILES string of the molecule is O=C(C=CN1CCC(O)(C(O)CN2CCC(c3ccc(C(F)(F)F)cc3)CC2)CC1)c1cc(F)cc(F)c1. The number of aliphatic hydroxyl groups is 2. The van der Waals surface area contributed by atoms with Gasteiger partial charge in [-0.25, -0.2) is 8.78 Å². The standard InChI is InChI=1S/C28H31F5N2O3/c29-23-15-21(16-24(30)17-23)25(36)7-12-34-13-8-27(38,9-14-34)26(37)18-35-10-5-20(6-11-35)19-1-3-22(4-2-19)28(31,32)33/h1-4,7,12,15-17,20,26,37-38H,5-6,8-11,13-14,18H2. The molecule has 0 amide bonds. The summed E-state index contributed by atoms with van der Waals surface area (Å²) in [5.41, 5.74) is -1.17. The van der Waals surface area contributed by atoms with Crippen LogP contribution in [0.4, 0.5) is 22.0 Å². The number of allylic oxidation sites excluding steroid dienone is 1. The highest BCUT2D eigenvalue weighted by atomic mass is 19.4. The topological polar surface area (TPSA) is 64.0 Å². The fraction of sp³-hybridized carbons (Fsp3) is 0.464. The van der Waals surface area contributed by atoms with E-state index in [4.69, 9.17) is 0 Å². The number of piperidine rings is 2. The molecule has 0 aromatic heterocycles. The van der Waals surface area contributed by atoms with Crippen molar-refractivity contribution in [3.8, 4) is 0 Å². The zero-order valence-corrected chi connectivity index (χ0v) is 20.8. The van der Waals surface area contributed by atoms with Gasteiger partial charge in [-0.2, -0.15) is 13.2 Å². The Hall–Kier alpha value is -2.82. The van der Waals surface area contributed by atoms with E-state index in [0.29, 0.717) is 32.2 Å². The summed E-state index contributed by atoms with van der Waals surface area (Å²) < 4.78 is 65.1. The van der Waals surface area contributed by atoms with Gasteiger partial charge in [-0.05, 0) is 74.5 Å². The molecule has 10 heteroatoms. The summed E-state index contributed by atoms with van der Waals surface area (Å²) >= 11 is 0. The quantitative estimate of drug-likeness (QED) is 0.303. The van der Waals surface area contributed by atoms with E-state index in [-0.39, 0.29) is 30.9 Å². The van der Waals surface area contributed by atoms with Gasteiger partial charge in [0.05, 0.1) is 17.3 Å². The number of likely N-dealkylation sites (tertiary alicyclic amines) is 2. The molecule has 0 aliphatic carbocycles. The summed E-state index contributed by atoms with van der Waals surface area (Å²) in [5.74, 6) is -2.05. The molecule has 2 fully saturated rings. The van der Waals surface area contributed by atoms with Crippen molar-refractivity contribution in [2.45, 2.75) is 49.5 Å². The summed E-state index contributed by atoms with van der Waals surface area (Å²) in [5, 5.41) is 21.9. The molecule has 206 valence electrons. The highest BCUT2D eigenvalue weighted by Crippen LogP contribution is 2.34. The van der Waals surface area contributed by atoms with Gasteiger partial charge in [-0.3, -0.25) is 4.79 Å². The van der Waals surface area contributed by atoms with Crippen molar-refractivity contribution in [3.05, 3.63) is 83.1 Å². The van der Waals surface area contributed by atoms with Gasteiger partial charge in [0.2, 0.25) is 0 Å². The van der Waals surface area contributed by atoms with Crippen LogP contribution in [0.3, 0.4) is 0 Å². The number of rotatable bonds is 7. The second kappa shape index (κ2) is 11.5. The minimum atomic E-state index is -4.36. The van der Waals surface area contributed by atoms with Crippen LogP contribution in [0.2, 0.25) is 0 Å². The van der Waals surface area contributed by atoms with Crippen LogP contribution in [0.15, 0.2) is 54.7 Å². The molecule has 2 aliphatic rings. The van der Waals surface area contributed by atoms with Crippen LogP contribution < -0.4 is 0 Å². The number of halogens is 5. The van der Waals surface area contributed by atoms with E-state index in [0.717, 1.165) is 42.7 Å². The van der Waals surface area contributed by atoms with Gasteiger partial charge in [0, 0.05) is 43.5 Å². The maximum absolute atomic E-state index is 13.3. The van der Waals surface area contributed by atoms with Crippen molar-refractivity contribution in [2.24, 2.45) is 0 Å². The second-order valence-electron chi connectivity index (χ2n) is 10.2. The van der Waals surface area contributed by atoms with Crippen LogP contribution >= 0.6 is 0 Å². The summed E-state index contributed by atoms with van der Waals surface area (Å²) in [7, 11) is 0. The average molecular weight is 539 g/mol. The van der Waals surface area contributed by atoms with Crippen molar-refractivity contribution in [1.82, 2.24) is 9.80 Å².